The van der Waals surface area contributed by atoms with Gasteiger partial charge >= 0.3 is 0 Å². The number of nitrogens with one attached hydrogen (secondary N) is 1. The monoisotopic (exact) mass is 433 g/mol. The maximum absolute atomic E-state index is 13.1. The van der Waals surface area contributed by atoms with Crippen LogP contribution in [0.1, 0.15) is 24.1 Å². The lowest BCUT2D eigenvalue weighted by Crippen LogP contribution is -2.35. The van der Waals surface area contributed by atoms with Gasteiger partial charge in [0.05, 0.1) is 18.2 Å². The minimum absolute atomic E-state index is 0.0997. The first-order chi connectivity index (χ1) is 15.4. The lowest BCUT2D eigenvalue weighted by molar-refractivity contribution is -0.140. The number of nitrogens with zero attached hydrogens (tertiary/aromatic N) is 2. The van der Waals surface area contributed by atoms with Crippen molar-refractivity contribution in [3.63, 3.8) is 0 Å². The van der Waals surface area contributed by atoms with E-state index in [-0.39, 0.29) is 11.3 Å². The highest BCUT2D eigenvalue weighted by Gasteiger charge is 2.46. The van der Waals surface area contributed by atoms with E-state index in [0.717, 1.165) is 16.5 Å². The molecule has 0 aliphatic carbocycles. The molecule has 4 rings (SSSR count). The van der Waals surface area contributed by atoms with Gasteiger partial charge in [0.15, 0.2) is 0 Å². The number of ether oxygens (including phenoxy) is 1. The lowest BCUT2D eigenvalue weighted by Gasteiger charge is -2.26. The van der Waals surface area contributed by atoms with Crippen LogP contribution >= 0.6 is 0 Å². The number of aromatic nitrogens is 1. The Morgan fingerprint density at radius 1 is 1.12 bits per heavy atom. The molecule has 7 heteroatoms. The van der Waals surface area contributed by atoms with Crippen LogP contribution in [0.3, 0.4) is 0 Å². The SMILES string of the molecule is CCOc1ccc(C2/C(=C(/O)c3c[nH]c4ccccc34)C(=O)C(=O)N2CCN(C)C)cc1. The number of aromatic amines is 1. The summed E-state index contributed by atoms with van der Waals surface area (Å²) in [5, 5.41) is 12.1. The van der Waals surface area contributed by atoms with Crippen molar-refractivity contribution in [2.75, 3.05) is 33.8 Å². The zero-order valence-electron chi connectivity index (χ0n) is 18.5. The Balaban J connectivity index is 1.85. The lowest BCUT2D eigenvalue weighted by atomic mass is 9.95. The molecule has 1 saturated heterocycles. The molecule has 3 aromatic rings. The number of likely N-dealkylation sites (tertiary alicyclic amines) is 1. The second kappa shape index (κ2) is 8.88. The van der Waals surface area contributed by atoms with Crippen molar-refractivity contribution >= 4 is 28.4 Å². The molecule has 0 saturated carbocycles. The van der Waals surface area contributed by atoms with Crippen molar-refractivity contribution in [1.82, 2.24) is 14.8 Å². The molecule has 2 aromatic carbocycles. The zero-order chi connectivity index (χ0) is 22.8. The van der Waals surface area contributed by atoms with Crippen LogP contribution < -0.4 is 4.74 Å². The van der Waals surface area contributed by atoms with Crippen molar-refractivity contribution in [2.24, 2.45) is 0 Å². The highest BCUT2D eigenvalue weighted by molar-refractivity contribution is 6.46. The first-order valence-electron chi connectivity index (χ1n) is 10.6. The number of likely N-dealkylation sites (N-methyl/N-ethyl adjacent to an activating group) is 1. The van der Waals surface area contributed by atoms with E-state index >= 15 is 0 Å². The molecule has 2 heterocycles. The summed E-state index contributed by atoms with van der Waals surface area (Å²) in [6.07, 6.45) is 1.67. The Hall–Kier alpha value is -3.58. The fraction of sp³-hybridized carbons (Fsp3) is 0.280. The van der Waals surface area contributed by atoms with E-state index in [0.29, 0.717) is 31.0 Å². The maximum Gasteiger partial charge on any atom is 0.295 e. The summed E-state index contributed by atoms with van der Waals surface area (Å²) in [4.78, 5) is 32.7. The molecule has 0 radical (unpaired) electrons. The van der Waals surface area contributed by atoms with Gasteiger partial charge in [0.1, 0.15) is 11.5 Å². The van der Waals surface area contributed by atoms with Crippen molar-refractivity contribution in [2.45, 2.75) is 13.0 Å². The number of aliphatic hydroxyl groups excluding tert-OH is 1. The largest absolute Gasteiger partial charge is 0.507 e. The van der Waals surface area contributed by atoms with Crippen molar-refractivity contribution in [1.29, 1.82) is 0 Å². The van der Waals surface area contributed by atoms with Gasteiger partial charge in [-0.15, -0.1) is 0 Å². The zero-order valence-corrected chi connectivity index (χ0v) is 18.5. The third kappa shape index (κ3) is 3.87. The number of fused-ring (bicyclic) bond motifs is 1. The Morgan fingerprint density at radius 2 is 1.84 bits per heavy atom. The summed E-state index contributed by atoms with van der Waals surface area (Å²) in [6, 6.07) is 14.2. The number of hydrogen-bond donors (Lipinski definition) is 2. The highest BCUT2D eigenvalue weighted by Crippen LogP contribution is 2.40. The predicted octanol–water partition coefficient (Wildman–Crippen LogP) is 3.55. The van der Waals surface area contributed by atoms with Crippen LogP contribution in [-0.2, 0) is 9.59 Å². The summed E-state index contributed by atoms with van der Waals surface area (Å²) in [6.45, 7) is 3.40. The number of H-pyrrole nitrogens is 1. The number of amides is 1. The average Bonchev–Trinajstić information content (AvgIpc) is 3.32. The standard InChI is InChI=1S/C25H27N3O4/c1-4-32-17-11-9-16(10-12-17)22-21(24(30)25(31)28(22)14-13-27(2)3)23(29)19-15-26-20-8-6-5-7-18(19)20/h5-12,15,22,26,29H,4,13-14H2,1-3H3/b23-21-. The maximum atomic E-state index is 13.1. The Labute approximate surface area is 186 Å². The molecule has 32 heavy (non-hydrogen) atoms. The molecule has 1 fully saturated rings. The Morgan fingerprint density at radius 3 is 2.53 bits per heavy atom. The van der Waals surface area contributed by atoms with Crippen molar-refractivity contribution in [3.8, 4) is 5.75 Å². The number of Topliss-reactive ketones (excluding diaryl/α,β-unsaturated/α-hetero) is 1. The molecular formula is C25H27N3O4. The molecule has 1 unspecified atom stereocenters. The molecule has 1 aliphatic heterocycles. The molecule has 1 aliphatic rings. The van der Waals surface area contributed by atoms with E-state index in [1.54, 1.807) is 11.1 Å². The predicted molar refractivity (Wildman–Crippen MR) is 123 cm³/mol. The van der Waals surface area contributed by atoms with Gasteiger partial charge in [-0.25, -0.2) is 0 Å². The van der Waals surface area contributed by atoms with E-state index in [1.165, 1.54) is 0 Å². The van der Waals surface area contributed by atoms with E-state index in [4.69, 9.17) is 4.74 Å². The van der Waals surface area contributed by atoms with E-state index in [9.17, 15) is 14.7 Å². The van der Waals surface area contributed by atoms with Gasteiger partial charge in [0.25, 0.3) is 11.7 Å². The molecule has 1 amide bonds. The van der Waals surface area contributed by atoms with E-state index in [1.807, 2.05) is 74.4 Å². The minimum Gasteiger partial charge on any atom is -0.507 e. The second-order valence-electron chi connectivity index (χ2n) is 8.05. The summed E-state index contributed by atoms with van der Waals surface area (Å²) >= 11 is 0. The third-order valence-corrected chi connectivity index (χ3v) is 5.68. The number of ketones is 1. The fourth-order valence-corrected chi connectivity index (χ4v) is 4.09. The van der Waals surface area contributed by atoms with Gasteiger partial charge in [-0.2, -0.15) is 0 Å². The van der Waals surface area contributed by atoms with Crippen LogP contribution in [-0.4, -0.2) is 65.4 Å². The van der Waals surface area contributed by atoms with Crippen LogP contribution in [0, 0.1) is 0 Å². The molecule has 0 bridgehead atoms. The number of rotatable bonds is 7. The third-order valence-electron chi connectivity index (χ3n) is 5.68. The number of carbonyl (C=O) groups excluding carboxylic acids is 2. The van der Waals surface area contributed by atoms with Crippen LogP contribution in [0.25, 0.3) is 16.7 Å². The summed E-state index contributed by atoms with van der Waals surface area (Å²) in [5.41, 5.74) is 2.19. The molecule has 2 N–H and O–H groups in total. The first kappa shape index (κ1) is 21.6. The molecule has 1 atom stereocenters. The number of aliphatic hydroxyl groups is 1. The summed E-state index contributed by atoms with van der Waals surface area (Å²) in [5.74, 6) is -0.747. The minimum atomic E-state index is -0.681. The smallest absolute Gasteiger partial charge is 0.295 e. The van der Waals surface area contributed by atoms with Crippen LogP contribution in [0.2, 0.25) is 0 Å². The summed E-state index contributed by atoms with van der Waals surface area (Å²) in [7, 11) is 3.82. The second-order valence-corrected chi connectivity index (χ2v) is 8.05. The highest BCUT2D eigenvalue weighted by atomic mass is 16.5. The van der Waals surface area contributed by atoms with Gasteiger partial charge < -0.3 is 24.6 Å². The van der Waals surface area contributed by atoms with Crippen molar-refractivity contribution in [3.05, 3.63) is 71.4 Å². The number of para-hydroxylation sites is 1. The van der Waals surface area contributed by atoms with Gasteiger partial charge in [-0.05, 0) is 44.8 Å². The van der Waals surface area contributed by atoms with Crippen LogP contribution in [0.5, 0.6) is 5.75 Å². The number of hydrogen-bond acceptors (Lipinski definition) is 5. The number of carbonyl (C=O) groups is 2. The topological polar surface area (TPSA) is 85.9 Å². The fourth-order valence-electron chi connectivity index (χ4n) is 4.09. The summed E-state index contributed by atoms with van der Waals surface area (Å²) < 4.78 is 5.53. The van der Waals surface area contributed by atoms with Gasteiger partial charge in [-0.1, -0.05) is 30.3 Å². The van der Waals surface area contributed by atoms with Gasteiger partial charge in [-0.3, -0.25) is 9.59 Å². The Kier molecular flexibility index (Phi) is 6.01. The van der Waals surface area contributed by atoms with E-state index < -0.39 is 17.7 Å². The Bertz CT molecular complexity index is 1180. The quantitative estimate of drug-likeness (QED) is 0.338. The molecule has 0 spiro atoms. The van der Waals surface area contributed by atoms with Gasteiger partial charge in [0, 0.05) is 35.8 Å². The van der Waals surface area contributed by atoms with Crippen LogP contribution in [0.15, 0.2) is 60.3 Å². The van der Waals surface area contributed by atoms with Gasteiger partial charge in [0.2, 0.25) is 0 Å². The average molecular weight is 434 g/mol. The number of benzene rings is 2. The molecule has 166 valence electrons. The molecular weight excluding hydrogens is 406 g/mol. The van der Waals surface area contributed by atoms with Crippen LogP contribution in [0.4, 0.5) is 0 Å². The van der Waals surface area contributed by atoms with E-state index in [2.05, 4.69) is 4.98 Å². The molecule has 1 aromatic heterocycles. The normalized spacial score (nSPS) is 18.1. The first-order valence-corrected chi connectivity index (χ1v) is 10.6. The van der Waals surface area contributed by atoms with Crippen molar-refractivity contribution < 1.29 is 19.4 Å². The molecule has 7 nitrogen and oxygen atoms in total.